The highest BCUT2D eigenvalue weighted by Crippen LogP contribution is 2.23. The van der Waals surface area contributed by atoms with Crippen LogP contribution in [0.1, 0.15) is 17.4 Å². The van der Waals surface area contributed by atoms with Crippen molar-refractivity contribution in [2.75, 3.05) is 11.9 Å². The quantitative estimate of drug-likeness (QED) is 0.491. The van der Waals surface area contributed by atoms with Gasteiger partial charge in [0.15, 0.2) is 11.5 Å². The Kier molecular flexibility index (Phi) is 5.85. The molecule has 0 aliphatic rings. The van der Waals surface area contributed by atoms with E-state index in [-0.39, 0.29) is 11.9 Å². The summed E-state index contributed by atoms with van der Waals surface area (Å²) in [5, 5.41) is 10.9. The summed E-state index contributed by atoms with van der Waals surface area (Å²) in [6.07, 6.45) is 1.71. The highest BCUT2D eigenvalue weighted by atomic mass is 16.2. The van der Waals surface area contributed by atoms with Gasteiger partial charge >= 0.3 is 0 Å². The molecule has 1 amide bonds. The maximum absolute atomic E-state index is 12.9. The highest BCUT2D eigenvalue weighted by Gasteiger charge is 2.18. The fraction of sp³-hybridized carbons (Fsp3) is 0.125. The molecule has 6 nitrogen and oxygen atoms in total. The zero-order valence-corrected chi connectivity index (χ0v) is 16.7. The number of hydrogen-bond acceptors (Lipinski definition) is 4. The molecular weight excluding hydrogens is 374 g/mol. The number of pyridine rings is 1. The number of carbonyl (C=O) groups is 1. The average Bonchev–Trinajstić information content (AvgIpc) is 3.25. The molecule has 2 heterocycles. The van der Waals surface area contributed by atoms with Crippen LogP contribution in [-0.2, 0) is 0 Å². The van der Waals surface area contributed by atoms with Crippen molar-refractivity contribution in [3.63, 3.8) is 0 Å². The summed E-state index contributed by atoms with van der Waals surface area (Å²) >= 11 is 0. The van der Waals surface area contributed by atoms with Gasteiger partial charge in [0.05, 0.1) is 5.69 Å². The summed E-state index contributed by atoms with van der Waals surface area (Å²) in [7, 11) is 0. The number of para-hydroxylation sites is 1. The first-order valence-corrected chi connectivity index (χ1v) is 9.87. The zero-order chi connectivity index (χ0) is 20.8. The summed E-state index contributed by atoms with van der Waals surface area (Å²) in [5.41, 5.74) is 3.15. The van der Waals surface area contributed by atoms with Crippen molar-refractivity contribution in [3.05, 3.63) is 96.8 Å². The van der Waals surface area contributed by atoms with Crippen LogP contribution in [0, 0.1) is 0 Å². The van der Waals surface area contributed by atoms with Crippen molar-refractivity contribution in [2.24, 2.45) is 0 Å². The van der Waals surface area contributed by atoms with Crippen molar-refractivity contribution in [1.29, 1.82) is 0 Å². The number of hydrogen-bond donors (Lipinski definition) is 2. The van der Waals surface area contributed by atoms with Crippen LogP contribution in [0.2, 0.25) is 0 Å². The summed E-state index contributed by atoms with van der Waals surface area (Å²) in [6, 6.07) is 27.1. The van der Waals surface area contributed by atoms with Crippen LogP contribution in [0.15, 0.2) is 91.1 Å². The van der Waals surface area contributed by atoms with Crippen LogP contribution in [-0.4, -0.2) is 33.3 Å². The molecule has 0 saturated carbocycles. The number of amides is 1. The molecular formula is C24H23N5O. The summed E-state index contributed by atoms with van der Waals surface area (Å²) in [6.45, 7) is 2.57. The van der Waals surface area contributed by atoms with Crippen LogP contribution in [0.5, 0.6) is 0 Å². The first-order chi connectivity index (χ1) is 14.7. The number of carbonyl (C=O) groups excluding carboxylic acids is 1. The molecule has 4 rings (SSSR count). The number of nitrogens with zero attached hydrogens (tertiary/aromatic N) is 3. The molecule has 0 radical (unpaired) electrons. The minimum atomic E-state index is -0.218. The van der Waals surface area contributed by atoms with E-state index < -0.39 is 0 Å². The molecule has 0 fully saturated rings. The van der Waals surface area contributed by atoms with Gasteiger partial charge in [0.2, 0.25) is 0 Å². The molecule has 150 valence electrons. The smallest absolute Gasteiger partial charge is 0.272 e. The van der Waals surface area contributed by atoms with Crippen LogP contribution >= 0.6 is 0 Å². The third-order valence-corrected chi connectivity index (χ3v) is 4.64. The minimum absolute atomic E-state index is 0.0714. The van der Waals surface area contributed by atoms with Gasteiger partial charge in [-0.25, -0.2) is 9.67 Å². The Hall–Kier alpha value is -3.93. The van der Waals surface area contributed by atoms with Crippen LogP contribution in [0.25, 0.3) is 17.1 Å². The molecule has 4 aromatic rings. The third kappa shape index (κ3) is 4.55. The van der Waals surface area contributed by atoms with Gasteiger partial charge in [0.1, 0.15) is 0 Å². The van der Waals surface area contributed by atoms with E-state index in [0.717, 1.165) is 16.9 Å². The fourth-order valence-electron chi connectivity index (χ4n) is 3.14. The molecule has 1 unspecified atom stereocenters. The van der Waals surface area contributed by atoms with Crippen LogP contribution in [0.4, 0.5) is 5.69 Å². The van der Waals surface area contributed by atoms with E-state index >= 15 is 0 Å². The topological polar surface area (TPSA) is 71.8 Å². The van der Waals surface area contributed by atoms with Gasteiger partial charge in [-0.3, -0.25) is 4.79 Å². The molecule has 2 aromatic carbocycles. The Morgan fingerprint density at radius 2 is 1.67 bits per heavy atom. The third-order valence-electron chi connectivity index (χ3n) is 4.64. The van der Waals surface area contributed by atoms with Crippen molar-refractivity contribution in [1.82, 2.24) is 20.1 Å². The van der Waals surface area contributed by atoms with Gasteiger partial charge in [0, 0.05) is 30.0 Å². The molecule has 0 aliphatic carbocycles. The van der Waals surface area contributed by atoms with E-state index in [2.05, 4.69) is 20.7 Å². The minimum Gasteiger partial charge on any atom is -0.383 e. The highest BCUT2D eigenvalue weighted by molar-refractivity contribution is 5.93. The molecule has 0 saturated heterocycles. The predicted octanol–water partition coefficient (Wildman–Crippen LogP) is 4.16. The van der Waals surface area contributed by atoms with Crippen LogP contribution in [0.3, 0.4) is 0 Å². The summed E-state index contributed by atoms with van der Waals surface area (Å²) < 4.78 is 1.71. The van der Waals surface area contributed by atoms with E-state index in [1.807, 2.05) is 85.8 Å². The largest absolute Gasteiger partial charge is 0.383 e. The standard InChI is InChI=1S/C24H23N5O/c1-18(17-26-20-12-6-3-7-13-20)27-24(30)21-16-22(19-10-4-2-5-11-19)29(28-21)23-14-8-9-15-25-23/h2-16,18,26H,17H2,1H3,(H,27,30). The Labute approximate surface area is 175 Å². The second-order valence-corrected chi connectivity index (χ2v) is 7.00. The lowest BCUT2D eigenvalue weighted by Crippen LogP contribution is -2.37. The summed E-state index contributed by atoms with van der Waals surface area (Å²) in [5.74, 6) is 0.443. The monoisotopic (exact) mass is 397 g/mol. The normalized spacial score (nSPS) is 11.6. The van der Waals surface area contributed by atoms with Gasteiger partial charge in [-0.15, -0.1) is 0 Å². The van der Waals surface area contributed by atoms with E-state index in [4.69, 9.17) is 0 Å². The van der Waals surface area contributed by atoms with Crippen molar-refractivity contribution in [2.45, 2.75) is 13.0 Å². The summed E-state index contributed by atoms with van der Waals surface area (Å²) in [4.78, 5) is 17.3. The lowest BCUT2D eigenvalue weighted by Gasteiger charge is -2.14. The van der Waals surface area contributed by atoms with Crippen molar-refractivity contribution >= 4 is 11.6 Å². The molecule has 0 spiro atoms. The molecule has 2 aromatic heterocycles. The first-order valence-electron chi connectivity index (χ1n) is 9.87. The predicted molar refractivity (Wildman–Crippen MR) is 119 cm³/mol. The lowest BCUT2D eigenvalue weighted by molar-refractivity contribution is 0.0936. The van der Waals surface area contributed by atoms with Gasteiger partial charge in [-0.05, 0) is 37.3 Å². The SMILES string of the molecule is CC(CNc1ccccc1)NC(=O)c1cc(-c2ccccc2)n(-c2ccccn2)n1. The fourth-order valence-corrected chi connectivity index (χ4v) is 3.14. The second kappa shape index (κ2) is 9.05. The van der Waals surface area contributed by atoms with Crippen molar-refractivity contribution in [3.8, 4) is 17.1 Å². The molecule has 2 N–H and O–H groups in total. The molecule has 0 bridgehead atoms. The Morgan fingerprint density at radius 3 is 2.37 bits per heavy atom. The van der Waals surface area contributed by atoms with E-state index in [1.165, 1.54) is 0 Å². The van der Waals surface area contributed by atoms with Crippen LogP contribution < -0.4 is 10.6 Å². The number of anilines is 1. The van der Waals surface area contributed by atoms with Gasteiger partial charge < -0.3 is 10.6 Å². The zero-order valence-electron chi connectivity index (χ0n) is 16.7. The lowest BCUT2D eigenvalue weighted by atomic mass is 10.1. The first kappa shape index (κ1) is 19.4. The van der Waals surface area contributed by atoms with E-state index in [1.54, 1.807) is 16.9 Å². The van der Waals surface area contributed by atoms with E-state index in [0.29, 0.717) is 18.1 Å². The number of rotatable bonds is 7. The van der Waals surface area contributed by atoms with E-state index in [9.17, 15) is 4.79 Å². The Morgan fingerprint density at radius 1 is 0.967 bits per heavy atom. The number of aromatic nitrogens is 3. The maximum atomic E-state index is 12.9. The molecule has 0 aliphatic heterocycles. The van der Waals surface area contributed by atoms with Gasteiger partial charge in [0.25, 0.3) is 5.91 Å². The second-order valence-electron chi connectivity index (χ2n) is 7.00. The van der Waals surface area contributed by atoms with Gasteiger partial charge in [-0.2, -0.15) is 5.10 Å². The Bertz CT molecular complexity index is 1040. The van der Waals surface area contributed by atoms with Crippen molar-refractivity contribution < 1.29 is 4.79 Å². The molecule has 1 atom stereocenters. The average molecular weight is 397 g/mol. The molecule has 6 heteroatoms. The number of benzene rings is 2. The molecule has 30 heavy (non-hydrogen) atoms. The van der Waals surface area contributed by atoms with Gasteiger partial charge in [-0.1, -0.05) is 54.6 Å². The number of nitrogens with one attached hydrogen (secondary N) is 2. The maximum Gasteiger partial charge on any atom is 0.272 e. The Balaban J connectivity index is 1.53.